The predicted molar refractivity (Wildman–Crippen MR) is 66.3 cm³/mol. The number of benzene rings is 1. The molecule has 0 radical (unpaired) electrons. The van der Waals surface area contributed by atoms with Gasteiger partial charge in [0.15, 0.2) is 9.84 Å². The molecule has 1 rings (SSSR count). The average molecular weight is 255 g/mol. The minimum absolute atomic E-state index is 0.0183. The highest BCUT2D eigenvalue weighted by molar-refractivity contribution is 7.91. The molecule has 1 aromatic carbocycles. The molecule has 0 heterocycles. The summed E-state index contributed by atoms with van der Waals surface area (Å²) in [6.45, 7) is 3.60. The van der Waals surface area contributed by atoms with Crippen LogP contribution in [-0.2, 0) is 21.2 Å². The Hall–Kier alpha value is -1.36. The summed E-state index contributed by atoms with van der Waals surface area (Å²) in [4.78, 5) is 13.0. The highest BCUT2D eigenvalue weighted by Crippen LogP contribution is 2.13. The molecule has 0 aliphatic carbocycles. The first-order chi connectivity index (χ1) is 7.86. The van der Waals surface area contributed by atoms with Crippen LogP contribution in [0.2, 0.25) is 0 Å². The van der Waals surface area contributed by atoms with Crippen LogP contribution >= 0.6 is 0 Å². The molecule has 0 fully saturated rings. The molecule has 0 unspecified atom stereocenters. The van der Waals surface area contributed by atoms with Gasteiger partial charge in [0, 0.05) is 20.5 Å². The van der Waals surface area contributed by atoms with Gasteiger partial charge in [-0.25, -0.2) is 8.42 Å². The van der Waals surface area contributed by atoms with Crippen molar-refractivity contribution in [2.24, 2.45) is 0 Å². The van der Waals surface area contributed by atoms with Gasteiger partial charge in [-0.05, 0) is 17.7 Å². The SMILES string of the molecule is CCS(=O)(=O)c1ccc(CN(C)C(C)=O)cc1. The van der Waals surface area contributed by atoms with Crippen molar-refractivity contribution in [2.75, 3.05) is 12.8 Å². The predicted octanol–water partition coefficient (Wildman–Crippen LogP) is 1.46. The van der Waals surface area contributed by atoms with Crippen molar-refractivity contribution >= 4 is 15.7 Å². The van der Waals surface area contributed by atoms with E-state index in [1.807, 2.05) is 0 Å². The summed E-state index contributed by atoms with van der Waals surface area (Å²) in [5.74, 6) is 0.0786. The van der Waals surface area contributed by atoms with Gasteiger partial charge >= 0.3 is 0 Å². The van der Waals surface area contributed by atoms with Gasteiger partial charge in [-0.3, -0.25) is 4.79 Å². The molecule has 0 bridgehead atoms. The summed E-state index contributed by atoms with van der Waals surface area (Å²) in [7, 11) is -1.43. The Balaban J connectivity index is 2.86. The fourth-order valence-electron chi connectivity index (χ4n) is 1.35. The van der Waals surface area contributed by atoms with Crippen LogP contribution in [-0.4, -0.2) is 32.0 Å². The second kappa shape index (κ2) is 5.31. The van der Waals surface area contributed by atoms with E-state index in [-0.39, 0.29) is 11.7 Å². The standard InChI is InChI=1S/C12H17NO3S/c1-4-17(15,16)12-7-5-11(6-8-12)9-13(3)10(2)14/h5-8H,4,9H2,1-3H3. The lowest BCUT2D eigenvalue weighted by molar-refractivity contribution is -0.128. The number of amides is 1. The lowest BCUT2D eigenvalue weighted by Gasteiger charge is -2.14. The molecule has 1 amide bonds. The summed E-state index contributed by atoms with van der Waals surface area (Å²) in [5.41, 5.74) is 0.915. The van der Waals surface area contributed by atoms with Crippen LogP contribution < -0.4 is 0 Å². The Labute approximate surface area is 102 Å². The van der Waals surface area contributed by atoms with Crippen molar-refractivity contribution in [3.63, 3.8) is 0 Å². The van der Waals surface area contributed by atoms with Gasteiger partial charge in [-0.2, -0.15) is 0 Å². The summed E-state index contributed by atoms with van der Waals surface area (Å²) in [5, 5.41) is 0. The van der Waals surface area contributed by atoms with Crippen molar-refractivity contribution < 1.29 is 13.2 Å². The fourth-order valence-corrected chi connectivity index (χ4v) is 2.24. The van der Waals surface area contributed by atoms with E-state index >= 15 is 0 Å². The third kappa shape index (κ3) is 3.56. The van der Waals surface area contributed by atoms with Crippen LogP contribution in [0.4, 0.5) is 0 Å². The molecule has 0 N–H and O–H groups in total. The number of nitrogens with zero attached hydrogens (tertiary/aromatic N) is 1. The number of rotatable bonds is 4. The quantitative estimate of drug-likeness (QED) is 0.818. The van der Waals surface area contributed by atoms with Gasteiger partial charge in [-0.1, -0.05) is 19.1 Å². The molecule has 0 aliphatic heterocycles. The van der Waals surface area contributed by atoms with Crippen molar-refractivity contribution in [2.45, 2.75) is 25.3 Å². The Morgan fingerprint density at radius 2 is 1.76 bits per heavy atom. The third-order valence-corrected chi connectivity index (χ3v) is 4.37. The van der Waals surface area contributed by atoms with E-state index in [1.165, 1.54) is 6.92 Å². The first-order valence-electron chi connectivity index (χ1n) is 5.40. The molecule has 4 nitrogen and oxygen atoms in total. The average Bonchev–Trinajstić information content (AvgIpc) is 2.29. The molecule has 0 saturated carbocycles. The molecular weight excluding hydrogens is 238 g/mol. The Kier molecular flexibility index (Phi) is 4.28. The molecule has 94 valence electrons. The Morgan fingerprint density at radius 1 is 1.24 bits per heavy atom. The molecule has 0 aromatic heterocycles. The third-order valence-electron chi connectivity index (χ3n) is 2.62. The van der Waals surface area contributed by atoms with E-state index in [0.29, 0.717) is 11.4 Å². The smallest absolute Gasteiger partial charge is 0.219 e. The minimum atomic E-state index is -3.14. The largest absolute Gasteiger partial charge is 0.342 e. The highest BCUT2D eigenvalue weighted by Gasteiger charge is 2.11. The molecule has 5 heteroatoms. The first kappa shape index (κ1) is 13.7. The first-order valence-corrected chi connectivity index (χ1v) is 7.05. The molecule has 1 aromatic rings. The van der Waals surface area contributed by atoms with Crippen molar-refractivity contribution in [3.05, 3.63) is 29.8 Å². The van der Waals surface area contributed by atoms with Crippen molar-refractivity contribution in [1.82, 2.24) is 4.90 Å². The monoisotopic (exact) mass is 255 g/mol. The zero-order valence-electron chi connectivity index (χ0n) is 10.3. The minimum Gasteiger partial charge on any atom is -0.342 e. The zero-order valence-corrected chi connectivity index (χ0v) is 11.1. The number of sulfone groups is 1. The number of carbonyl (C=O) groups is 1. The topological polar surface area (TPSA) is 54.5 Å². The molecule has 17 heavy (non-hydrogen) atoms. The maximum absolute atomic E-state index is 11.6. The summed E-state index contributed by atoms with van der Waals surface area (Å²) in [6.07, 6.45) is 0. The Bertz CT molecular complexity index is 491. The van der Waals surface area contributed by atoms with E-state index in [0.717, 1.165) is 5.56 Å². The van der Waals surface area contributed by atoms with Gasteiger partial charge in [0.25, 0.3) is 0 Å². The van der Waals surface area contributed by atoms with Crippen molar-refractivity contribution in [3.8, 4) is 0 Å². The summed E-state index contributed by atoms with van der Waals surface area (Å²) < 4.78 is 23.2. The van der Waals surface area contributed by atoms with E-state index in [1.54, 1.807) is 43.1 Å². The molecular formula is C12H17NO3S. The number of carbonyl (C=O) groups excluding carboxylic acids is 1. The van der Waals surface area contributed by atoms with Crippen LogP contribution in [0, 0.1) is 0 Å². The fraction of sp³-hybridized carbons (Fsp3) is 0.417. The summed E-state index contributed by atoms with van der Waals surface area (Å²) in [6, 6.07) is 6.65. The second-order valence-corrected chi connectivity index (χ2v) is 6.20. The van der Waals surface area contributed by atoms with Crippen LogP contribution in [0.25, 0.3) is 0 Å². The van der Waals surface area contributed by atoms with E-state index in [4.69, 9.17) is 0 Å². The number of hydrogen-bond acceptors (Lipinski definition) is 3. The molecule has 0 atom stereocenters. The van der Waals surface area contributed by atoms with E-state index in [2.05, 4.69) is 0 Å². The van der Waals surface area contributed by atoms with Gasteiger partial charge in [0.2, 0.25) is 5.91 Å². The molecule has 0 spiro atoms. The Morgan fingerprint density at radius 3 is 2.18 bits per heavy atom. The van der Waals surface area contributed by atoms with Gasteiger partial charge < -0.3 is 4.90 Å². The van der Waals surface area contributed by atoms with Gasteiger partial charge in [0.05, 0.1) is 10.6 Å². The lowest BCUT2D eigenvalue weighted by atomic mass is 10.2. The molecule has 0 saturated heterocycles. The van der Waals surface area contributed by atoms with Crippen molar-refractivity contribution in [1.29, 1.82) is 0 Å². The molecule has 0 aliphatic rings. The maximum atomic E-state index is 11.6. The van der Waals surface area contributed by atoms with Gasteiger partial charge in [-0.15, -0.1) is 0 Å². The van der Waals surface area contributed by atoms with E-state index in [9.17, 15) is 13.2 Å². The van der Waals surface area contributed by atoms with Gasteiger partial charge in [0.1, 0.15) is 0 Å². The number of hydrogen-bond donors (Lipinski definition) is 0. The highest BCUT2D eigenvalue weighted by atomic mass is 32.2. The van der Waals surface area contributed by atoms with Crippen LogP contribution in [0.5, 0.6) is 0 Å². The van der Waals surface area contributed by atoms with Crippen LogP contribution in [0.3, 0.4) is 0 Å². The maximum Gasteiger partial charge on any atom is 0.219 e. The normalized spacial score (nSPS) is 11.2. The van der Waals surface area contributed by atoms with Crippen LogP contribution in [0.15, 0.2) is 29.2 Å². The van der Waals surface area contributed by atoms with Crippen LogP contribution in [0.1, 0.15) is 19.4 Å². The zero-order chi connectivity index (χ0) is 13.1. The summed E-state index contributed by atoms with van der Waals surface area (Å²) >= 11 is 0. The second-order valence-electron chi connectivity index (χ2n) is 3.92. The lowest BCUT2D eigenvalue weighted by Crippen LogP contribution is -2.22. The van der Waals surface area contributed by atoms with E-state index < -0.39 is 9.84 Å².